The maximum atomic E-state index is 13.3. The Labute approximate surface area is 162 Å². The molecule has 1 atom stereocenters. The third kappa shape index (κ3) is 3.79. The van der Waals surface area contributed by atoms with Crippen molar-refractivity contribution in [3.63, 3.8) is 0 Å². The van der Waals surface area contributed by atoms with Crippen LogP contribution < -0.4 is 4.90 Å². The molecule has 1 aromatic heterocycles. The van der Waals surface area contributed by atoms with Gasteiger partial charge in [-0.15, -0.1) is 0 Å². The predicted molar refractivity (Wildman–Crippen MR) is 95.9 cm³/mol. The van der Waals surface area contributed by atoms with E-state index in [1.807, 2.05) is 0 Å². The molecule has 0 spiro atoms. The van der Waals surface area contributed by atoms with Crippen LogP contribution in [0.2, 0.25) is 0 Å². The van der Waals surface area contributed by atoms with E-state index < -0.39 is 17.6 Å². The maximum absolute atomic E-state index is 13.3. The first kappa shape index (κ1) is 19.0. The molecule has 10 heteroatoms. The average Bonchev–Trinajstić information content (AvgIpc) is 3.34. The SMILES string of the molecule is O=C(C1=COCCO1)N(C[C@H]1CCCO1)c1nc2c(C(F)(F)F)cccc2s1. The number of alkyl halides is 3. The van der Waals surface area contributed by atoms with E-state index in [-0.39, 0.29) is 35.7 Å². The summed E-state index contributed by atoms with van der Waals surface area (Å²) in [5.41, 5.74) is -0.997. The molecule has 0 unspecified atom stereocenters. The minimum absolute atomic E-state index is 0.000419. The molecule has 28 heavy (non-hydrogen) atoms. The quantitative estimate of drug-likeness (QED) is 0.763. The van der Waals surface area contributed by atoms with Crippen molar-refractivity contribution in [2.75, 3.05) is 31.3 Å². The molecule has 0 radical (unpaired) electrons. The summed E-state index contributed by atoms with van der Waals surface area (Å²) >= 11 is 1.03. The Balaban J connectivity index is 1.73. The maximum Gasteiger partial charge on any atom is 0.418 e. The van der Waals surface area contributed by atoms with Crippen LogP contribution >= 0.6 is 11.3 Å². The number of amides is 1. The number of hydrogen-bond donors (Lipinski definition) is 0. The fraction of sp³-hybridized carbons (Fsp3) is 0.444. The molecule has 6 nitrogen and oxygen atoms in total. The largest absolute Gasteiger partial charge is 0.494 e. The van der Waals surface area contributed by atoms with Crippen LogP contribution in [0.4, 0.5) is 18.3 Å². The van der Waals surface area contributed by atoms with Gasteiger partial charge in [-0.2, -0.15) is 13.2 Å². The lowest BCUT2D eigenvalue weighted by atomic mass is 10.2. The molecule has 0 N–H and O–H groups in total. The van der Waals surface area contributed by atoms with Crippen molar-refractivity contribution in [3.05, 3.63) is 35.8 Å². The zero-order valence-electron chi connectivity index (χ0n) is 14.7. The lowest BCUT2D eigenvalue weighted by Crippen LogP contribution is -2.39. The van der Waals surface area contributed by atoms with Gasteiger partial charge in [-0.25, -0.2) is 4.98 Å². The van der Waals surface area contributed by atoms with E-state index in [1.165, 1.54) is 17.2 Å². The minimum atomic E-state index is -4.53. The number of benzene rings is 1. The van der Waals surface area contributed by atoms with E-state index in [0.29, 0.717) is 17.9 Å². The van der Waals surface area contributed by atoms with Crippen LogP contribution in [0, 0.1) is 0 Å². The molecular weight excluding hydrogens is 397 g/mol. The fourth-order valence-electron chi connectivity index (χ4n) is 3.13. The Kier molecular flexibility index (Phi) is 5.15. The number of nitrogens with zero attached hydrogens (tertiary/aromatic N) is 2. The fourth-order valence-corrected chi connectivity index (χ4v) is 4.13. The first-order chi connectivity index (χ1) is 13.4. The van der Waals surface area contributed by atoms with Crippen LogP contribution in [0.1, 0.15) is 18.4 Å². The van der Waals surface area contributed by atoms with Crippen molar-refractivity contribution in [2.24, 2.45) is 0 Å². The highest BCUT2D eigenvalue weighted by atomic mass is 32.1. The number of carbonyl (C=O) groups is 1. The number of rotatable bonds is 4. The smallest absolute Gasteiger partial charge is 0.418 e. The molecule has 0 aliphatic carbocycles. The monoisotopic (exact) mass is 414 g/mol. The van der Waals surface area contributed by atoms with Gasteiger partial charge in [0.1, 0.15) is 19.5 Å². The van der Waals surface area contributed by atoms with Crippen molar-refractivity contribution < 1.29 is 32.2 Å². The van der Waals surface area contributed by atoms with E-state index in [4.69, 9.17) is 14.2 Å². The van der Waals surface area contributed by atoms with E-state index in [0.717, 1.165) is 30.2 Å². The number of halogens is 3. The van der Waals surface area contributed by atoms with Gasteiger partial charge in [0, 0.05) is 6.61 Å². The number of fused-ring (bicyclic) bond motifs is 1. The van der Waals surface area contributed by atoms with Crippen LogP contribution in [0.15, 0.2) is 30.2 Å². The summed E-state index contributed by atoms with van der Waals surface area (Å²) in [5.74, 6) is -0.512. The molecule has 2 aliphatic rings. The first-order valence-electron chi connectivity index (χ1n) is 8.78. The molecule has 2 aliphatic heterocycles. The Morgan fingerprint density at radius 3 is 2.82 bits per heavy atom. The predicted octanol–water partition coefficient (Wildman–Crippen LogP) is 3.72. The van der Waals surface area contributed by atoms with Gasteiger partial charge in [-0.3, -0.25) is 9.69 Å². The Morgan fingerprint density at radius 2 is 2.14 bits per heavy atom. The Hall–Kier alpha value is -2.33. The molecule has 1 saturated heterocycles. The zero-order chi connectivity index (χ0) is 19.7. The average molecular weight is 414 g/mol. The van der Waals surface area contributed by atoms with Crippen molar-refractivity contribution >= 4 is 32.6 Å². The third-order valence-electron chi connectivity index (χ3n) is 4.46. The van der Waals surface area contributed by atoms with Crippen molar-refractivity contribution in [2.45, 2.75) is 25.1 Å². The molecule has 0 bridgehead atoms. The van der Waals surface area contributed by atoms with E-state index in [1.54, 1.807) is 6.07 Å². The van der Waals surface area contributed by atoms with Gasteiger partial charge in [-0.1, -0.05) is 17.4 Å². The second-order valence-corrected chi connectivity index (χ2v) is 7.41. The highest BCUT2D eigenvalue weighted by Gasteiger charge is 2.35. The zero-order valence-corrected chi connectivity index (χ0v) is 15.5. The minimum Gasteiger partial charge on any atom is -0.494 e. The molecule has 1 aromatic carbocycles. The molecule has 3 heterocycles. The normalized spacial score (nSPS) is 19.8. The van der Waals surface area contributed by atoms with Gasteiger partial charge in [0.15, 0.2) is 5.13 Å². The summed E-state index contributed by atoms with van der Waals surface area (Å²) < 4.78 is 56.4. The summed E-state index contributed by atoms with van der Waals surface area (Å²) in [6.07, 6.45) is -1.88. The van der Waals surface area contributed by atoms with Crippen molar-refractivity contribution in [3.8, 4) is 0 Å². The number of thiazole rings is 1. The highest BCUT2D eigenvalue weighted by Crippen LogP contribution is 2.39. The van der Waals surface area contributed by atoms with Gasteiger partial charge in [0.05, 0.1) is 28.4 Å². The number of aromatic nitrogens is 1. The summed E-state index contributed by atoms with van der Waals surface area (Å²) in [6.45, 7) is 1.33. The lowest BCUT2D eigenvalue weighted by molar-refractivity contribution is -0.136. The second kappa shape index (κ2) is 7.59. The van der Waals surface area contributed by atoms with Gasteiger partial charge < -0.3 is 14.2 Å². The second-order valence-electron chi connectivity index (χ2n) is 6.40. The summed E-state index contributed by atoms with van der Waals surface area (Å²) in [5, 5.41) is 0.169. The number of carbonyl (C=O) groups excluding carboxylic acids is 1. The van der Waals surface area contributed by atoms with E-state index in [9.17, 15) is 18.0 Å². The van der Waals surface area contributed by atoms with Crippen LogP contribution in [0.5, 0.6) is 0 Å². The van der Waals surface area contributed by atoms with Gasteiger partial charge in [0.2, 0.25) is 5.76 Å². The van der Waals surface area contributed by atoms with Crippen LogP contribution in [0.3, 0.4) is 0 Å². The molecule has 1 amide bonds. The lowest BCUT2D eigenvalue weighted by Gasteiger charge is -2.25. The van der Waals surface area contributed by atoms with Gasteiger partial charge in [0.25, 0.3) is 5.91 Å². The number of anilines is 1. The van der Waals surface area contributed by atoms with Gasteiger partial charge >= 0.3 is 6.18 Å². The highest BCUT2D eigenvalue weighted by molar-refractivity contribution is 7.22. The summed E-state index contributed by atoms with van der Waals surface area (Å²) in [6, 6.07) is 3.87. The molecule has 150 valence electrons. The van der Waals surface area contributed by atoms with E-state index in [2.05, 4.69) is 4.98 Å². The van der Waals surface area contributed by atoms with Crippen molar-refractivity contribution in [1.82, 2.24) is 4.98 Å². The molecule has 1 fully saturated rings. The summed E-state index contributed by atoms with van der Waals surface area (Å²) in [4.78, 5) is 18.5. The number of ether oxygens (including phenoxy) is 3. The molecule has 2 aromatic rings. The number of para-hydroxylation sites is 1. The molecular formula is C18H17F3N2O4S. The standard InChI is InChI=1S/C18H17F3N2O4S/c19-18(20,21)12-4-1-5-14-15(12)22-17(28-14)23(9-11-3-2-6-26-11)16(24)13-10-25-7-8-27-13/h1,4-5,10-11H,2-3,6-9H2/t11-/m1/s1. The Morgan fingerprint density at radius 1 is 1.29 bits per heavy atom. The Bertz CT molecular complexity index is 906. The van der Waals surface area contributed by atoms with Crippen molar-refractivity contribution in [1.29, 1.82) is 0 Å². The molecule has 4 rings (SSSR count). The van der Waals surface area contributed by atoms with Crippen LogP contribution in [-0.2, 0) is 25.2 Å². The first-order valence-corrected chi connectivity index (χ1v) is 9.60. The van der Waals surface area contributed by atoms with Crippen LogP contribution in [-0.4, -0.2) is 43.4 Å². The number of hydrogen-bond acceptors (Lipinski definition) is 6. The van der Waals surface area contributed by atoms with Gasteiger partial charge in [-0.05, 0) is 25.0 Å². The third-order valence-corrected chi connectivity index (χ3v) is 5.50. The molecule has 0 saturated carbocycles. The summed E-state index contributed by atoms with van der Waals surface area (Å²) in [7, 11) is 0. The van der Waals surface area contributed by atoms with E-state index >= 15 is 0 Å². The van der Waals surface area contributed by atoms with Crippen LogP contribution in [0.25, 0.3) is 10.2 Å². The topological polar surface area (TPSA) is 60.9 Å².